The number of phenolic OH excluding ortho intramolecular Hbond substituents is 1. The minimum absolute atomic E-state index is 0. The lowest BCUT2D eigenvalue weighted by molar-refractivity contribution is -0.188. The second-order valence-electron chi connectivity index (χ2n) is 8.72. The van der Waals surface area contributed by atoms with E-state index in [1.807, 2.05) is 6.07 Å². The summed E-state index contributed by atoms with van der Waals surface area (Å²) in [4.78, 5) is 15.2. The van der Waals surface area contributed by atoms with Crippen LogP contribution < -0.4 is 4.74 Å². The number of hydrogen-bond acceptors (Lipinski definition) is 5. The van der Waals surface area contributed by atoms with Crippen molar-refractivity contribution >= 4 is 5.78 Å². The minimum atomic E-state index is -0.940. The van der Waals surface area contributed by atoms with Gasteiger partial charge in [-0.3, -0.25) is 9.69 Å². The minimum Gasteiger partial charge on any atom is -0.504 e. The number of nitrogens with zero attached hydrogens (tertiary/aromatic N) is 1. The molecular formula is C20H24NO4+. The molecule has 0 unspecified atom stereocenters. The molecule has 0 aromatic heterocycles. The molecule has 3 aliphatic carbocycles. The maximum Gasteiger partial charge on any atom is 1.00 e. The Labute approximate surface area is 148 Å². The standard InChI is InChI=1S/C20H23NO4/c22-13-4-3-12-9-15-20(24)6-5-14(23)18-19(20,16(12)17(13)25-18)7-8-21(15)10-11-1-2-11/h3-4,11,15,18,22,24H,1-2,5-10H2/p+1/t15-,18+,19+,20-/m1/s1. The predicted octanol–water partition coefficient (Wildman–Crippen LogP) is 1.64. The quantitative estimate of drug-likeness (QED) is 0.855. The molecule has 25 heavy (non-hydrogen) atoms. The van der Waals surface area contributed by atoms with Crippen molar-refractivity contribution in [3.8, 4) is 11.5 Å². The fourth-order valence-corrected chi connectivity index (χ4v) is 6.26. The van der Waals surface area contributed by atoms with E-state index < -0.39 is 17.1 Å². The molecule has 2 bridgehead atoms. The van der Waals surface area contributed by atoms with Crippen LogP contribution in [0.1, 0.15) is 44.7 Å². The van der Waals surface area contributed by atoms with Gasteiger partial charge in [0.25, 0.3) is 0 Å². The van der Waals surface area contributed by atoms with E-state index in [4.69, 9.17) is 4.74 Å². The van der Waals surface area contributed by atoms with Crippen molar-refractivity contribution in [3.63, 3.8) is 0 Å². The summed E-state index contributed by atoms with van der Waals surface area (Å²) in [6.45, 7) is 1.95. The second-order valence-corrected chi connectivity index (χ2v) is 8.72. The first-order valence-corrected chi connectivity index (χ1v) is 9.56. The molecule has 5 nitrogen and oxygen atoms in total. The van der Waals surface area contributed by atoms with Gasteiger partial charge in [-0.05, 0) is 56.2 Å². The highest BCUT2D eigenvalue weighted by Crippen LogP contribution is 2.64. The summed E-state index contributed by atoms with van der Waals surface area (Å²) < 4.78 is 6.04. The van der Waals surface area contributed by atoms with E-state index in [0.717, 1.165) is 43.0 Å². The van der Waals surface area contributed by atoms with Crippen LogP contribution in [0.15, 0.2) is 12.1 Å². The van der Waals surface area contributed by atoms with E-state index in [1.165, 1.54) is 12.8 Å². The molecule has 6 rings (SSSR count). The Balaban J connectivity index is 0.00000150. The van der Waals surface area contributed by atoms with Gasteiger partial charge in [-0.15, -0.1) is 0 Å². The summed E-state index contributed by atoms with van der Waals surface area (Å²) in [6.07, 6.45) is 4.33. The van der Waals surface area contributed by atoms with Gasteiger partial charge in [-0.1, -0.05) is 6.07 Å². The third-order valence-electron chi connectivity index (χ3n) is 7.56. The van der Waals surface area contributed by atoms with Gasteiger partial charge in [0.1, 0.15) is 0 Å². The third-order valence-corrected chi connectivity index (χ3v) is 7.56. The van der Waals surface area contributed by atoms with Crippen LogP contribution in [-0.4, -0.2) is 51.7 Å². The highest BCUT2D eigenvalue weighted by atomic mass is 16.5. The molecule has 2 heterocycles. The highest BCUT2D eigenvalue weighted by Gasteiger charge is 2.73. The summed E-state index contributed by atoms with van der Waals surface area (Å²) in [5.74, 6) is 1.39. The van der Waals surface area contributed by atoms with E-state index in [-0.39, 0.29) is 19.0 Å². The number of phenols is 1. The van der Waals surface area contributed by atoms with Gasteiger partial charge in [0.15, 0.2) is 23.4 Å². The number of benzene rings is 1. The van der Waals surface area contributed by atoms with E-state index in [9.17, 15) is 15.0 Å². The van der Waals surface area contributed by atoms with Gasteiger partial charge in [0.2, 0.25) is 0 Å². The number of hydrogen-bond donors (Lipinski definition) is 2. The smallest absolute Gasteiger partial charge is 0.504 e. The Bertz CT molecular complexity index is 809. The number of rotatable bonds is 2. The first-order chi connectivity index (χ1) is 12.0. The molecule has 0 amide bonds. The van der Waals surface area contributed by atoms with Gasteiger partial charge in [-0.25, -0.2) is 0 Å². The fraction of sp³-hybridized carbons (Fsp3) is 0.650. The number of likely N-dealkylation sites (tertiary alicyclic amines) is 1. The van der Waals surface area contributed by atoms with Crippen LogP contribution in [0.2, 0.25) is 0 Å². The van der Waals surface area contributed by atoms with Crippen molar-refractivity contribution in [2.24, 2.45) is 5.92 Å². The Morgan fingerprint density at radius 3 is 2.96 bits per heavy atom. The molecule has 2 N–H and O–H groups in total. The monoisotopic (exact) mass is 342 g/mol. The molecule has 2 saturated carbocycles. The lowest BCUT2D eigenvalue weighted by atomic mass is 9.49. The summed E-state index contributed by atoms with van der Waals surface area (Å²) in [7, 11) is 0. The van der Waals surface area contributed by atoms with Crippen molar-refractivity contribution < 1.29 is 21.2 Å². The highest BCUT2D eigenvalue weighted by molar-refractivity contribution is 5.90. The Kier molecular flexibility index (Phi) is 2.55. The van der Waals surface area contributed by atoms with E-state index in [0.29, 0.717) is 18.6 Å². The molecule has 5 heteroatoms. The lowest BCUT2D eigenvalue weighted by Gasteiger charge is -2.62. The third kappa shape index (κ3) is 1.56. The summed E-state index contributed by atoms with van der Waals surface area (Å²) in [5, 5.41) is 22.3. The van der Waals surface area contributed by atoms with E-state index in [2.05, 4.69) is 4.90 Å². The molecule has 1 spiro atoms. The van der Waals surface area contributed by atoms with Crippen molar-refractivity contribution in [2.75, 3.05) is 13.1 Å². The lowest BCUT2D eigenvalue weighted by Crippen LogP contribution is -2.76. The predicted molar refractivity (Wildman–Crippen MR) is 90.9 cm³/mol. The van der Waals surface area contributed by atoms with E-state index >= 15 is 0 Å². The topological polar surface area (TPSA) is 70.0 Å². The van der Waals surface area contributed by atoms with Crippen molar-refractivity contribution in [1.29, 1.82) is 0 Å². The molecule has 2 aliphatic heterocycles. The zero-order chi connectivity index (χ0) is 17.0. The van der Waals surface area contributed by atoms with Gasteiger partial charge in [0, 0.05) is 24.6 Å². The average molecular weight is 342 g/mol. The maximum absolute atomic E-state index is 12.7. The number of ketones is 1. The van der Waals surface area contributed by atoms with Gasteiger partial charge in [-0.2, -0.15) is 0 Å². The normalized spacial score (nSPS) is 41.4. The summed E-state index contributed by atoms with van der Waals surface area (Å²) in [6, 6.07) is 3.69. The number of carbonyl (C=O) groups is 1. The number of aliphatic hydroxyl groups is 1. The number of ether oxygens (including phenoxy) is 1. The Morgan fingerprint density at radius 1 is 1.32 bits per heavy atom. The summed E-state index contributed by atoms with van der Waals surface area (Å²) >= 11 is 0. The van der Waals surface area contributed by atoms with Crippen LogP contribution in [-0.2, 0) is 16.6 Å². The first-order valence-electron chi connectivity index (χ1n) is 9.56. The molecule has 132 valence electrons. The van der Waals surface area contributed by atoms with Crippen LogP contribution >= 0.6 is 0 Å². The van der Waals surface area contributed by atoms with Crippen LogP contribution in [0.5, 0.6) is 11.5 Å². The number of Topliss-reactive ketones (excluding diaryl/α,β-unsaturated/α-hetero) is 1. The Hall–Kier alpha value is -1.59. The zero-order valence-electron chi connectivity index (χ0n) is 15.2. The largest absolute Gasteiger partial charge is 1.00 e. The number of piperidine rings is 1. The number of carbonyl (C=O) groups excluding carboxylic acids is 1. The van der Waals surface area contributed by atoms with E-state index in [1.54, 1.807) is 6.07 Å². The summed E-state index contributed by atoms with van der Waals surface area (Å²) in [5.41, 5.74) is 0.454. The van der Waals surface area contributed by atoms with Crippen LogP contribution in [0.3, 0.4) is 0 Å². The molecule has 1 aromatic rings. The molecule has 5 aliphatic rings. The SMILES string of the molecule is O=C1CC[C@@]2(O)[C@H]3Cc4ccc(O)c5c4[C@@]2(CCN3CC2CC2)[C@H]1O5.[H+]. The maximum atomic E-state index is 12.7. The van der Waals surface area contributed by atoms with Crippen molar-refractivity contribution in [2.45, 2.75) is 61.7 Å². The van der Waals surface area contributed by atoms with Gasteiger partial charge in [0.05, 0.1) is 11.0 Å². The van der Waals surface area contributed by atoms with Gasteiger partial charge < -0.3 is 14.9 Å². The average Bonchev–Trinajstić information content (AvgIpc) is 3.32. The molecular weight excluding hydrogens is 318 g/mol. The van der Waals surface area contributed by atoms with Crippen LogP contribution in [0.4, 0.5) is 0 Å². The zero-order valence-corrected chi connectivity index (χ0v) is 14.2. The molecule has 1 aromatic carbocycles. The molecule has 1 saturated heterocycles. The van der Waals surface area contributed by atoms with Gasteiger partial charge >= 0.3 is 1.43 Å². The fourth-order valence-electron chi connectivity index (χ4n) is 6.26. The van der Waals surface area contributed by atoms with Crippen LogP contribution in [0, 0.1) is 5.92 Å². The first kappa shape index (κ1) is 14.6. The van der Waals surface area contributed by atoms with Crippen molar-refractivity contribution in [1.82, 2.24) is 4.90 Å². The molecule has 0 radical (unpaired) electrons. The Morgan fingerprint density at radius 2 is 2.16 bits per heavy atom. The molecule has 4 atom stereocenters. The van der Waals surface area contributed by atoms with Crippen molar-refractivity contribution in [3.05, 3.63) is 23.3 Å². The molecule has 3 fully saturated rings. The second kappa shape index (κ2) is 4.38. The van der Waals surface area contributed by atoms with Crippen LogP contribution in [0.25, 0.3) is 0 Å². The number of aromatic hydroxyl groups is 1.